The van der Waals surface area contributed by atoms with Crippen LogP contribution in [0.15, 0.2) is 24.3 Å². The Kier molecular flexibility index (Phi) is 5.74. The molecule has 0 fully saturated rings. The largest absolute Gasteiger partial charge is 0.497 e. The number of nitrogens with one attached hydrogen (secondary N) is 1. The van der Waals surface area contributed by atoms with E-state index in [1.165, 1.54) is 5.56 Å². The summed E-state index contributed by atoms with van der Waals surface area (Å²) in [6, 6.07) is 8.30. The highest BCUT2D eigenvalue weighted by atomic mass is 32.2. The predicted octanol–water partition coefficient (Wildman–Crippen LogP) is 4.71. The first-order chi connectivity index (χ1) is 10.1. The number of fused-ring (bicyclic) bond motifs is 1. The van der Waals surface area contributed by atoms with Crippen LogP contribution >= 0.6 is 11.8 Å². The minimum absolute atomic E-state index is 0.621. The number of methoxy groups -OCH3 is 1. The summed E-state index contributed by atoms with van der Waals surface area (Å²) in [6.45, 7) is 7.56. The van der Waals surface area contributed by atoms with Crippen LogP contribution in [0.1, 0.15) is 32.8 Å². The van der Waals surface area contributed by atoms with E-state index in [1.54, 1.807) is 7.11 Å². The Balaban J connectivity index is 2.38. The predicted molar refractivity (Wildman–Crippen MR) is 93.5 cm³/mol. The average Bonchev–Trinajstić information content (AvgIpc) is 2.49. The maximum Gasteiger partial charge on any atom is 0.130 e. The van der Waals surface area contributed by atoms with Crippen molar-refractivity contribution in [2.45, 2.75) is 38.2 Å². The van der Waals surface area contributed by atoms with Gasteiger partial charge in [0.25, 0.3) is 0 Å². The number of nitrogens with zero attached hydrogens (tertiary/aromatic N) is 1. The molecule has 0 amide bonds. The summed E-state index contributed by atoms with van der Waals surface area (Å²) in [5, 5.41) is 5.24. The molecule has 21 heavy (non-hydrogen) atoms. The van der Waals surface area contributed by atoms with Crippen LogP contribution in [0.5, 0.6) is 5.75 Å². The number of aromatic nitrogens is 1. The average molecular weight is 304 g/mol. The van der Waals surface area contributed by atoms with E-state index in [0.29, 0.717) is 5.25 Å². The second kappa shape index (κ2) is 7.55. The molecule has 0 aliphatic rings. The molecule has 0 atom stereocenters. The maximum atomic E-state index is 5.29. The van der Waals surface area contributed by atoms with Crippen LogP contribution in [0.2, 0.25) is 0 Å². The van der Waals surface area contributed by atoms with Crippen LogP contribution in [-0.4, -0.2) is 23.9 Å². The third kappa shape index (κ3) is 4.27. The van der Waals surface area contributed by atoms with Crippen molar-refractivity contribution in [3.05, 3.63) is 29.8 Å². The van der Waals surface area contributed by atoms with Gasteiger partial charge >= 0.3 is 0 Å². The highest BCUT2D eigenvalue weighted by Crippen LogP contribution is 2.28. The molecule has 2 aromatic rings. The Bertz CT molecular complexity index is 599. The van der Waals surface area contributed by atoms with E-state index in [0.717, 1.165) is 41.2 Å². The van der Waals surface area contributed by atoms with Gasteiger partial charge in [-0.15, -0.1) is 0 Å². The first-order valence-electron chi connectivity index (χ1n) is 7.47. The van der Waals surface area contributed by atoms with Crippen molar-refractivity contribution in [1.82, 2.24) is 4.98 Å². The number of rotatable bonds is 7. The molecule has 0 bridgehead atoms. The minimum Gasteiger partial charge on any atom is -0.497 e. The Morgan fingerprint density at radius 1 is 1.29 bits per heavy atom. The Labute approximate surface area is 131 Å². The molecule has 3 nitrogen and oxygen atoms in total. The lowest BCUT2D eigenvalue weighted by molar-refractivity contribution is 0.415. The van der Waals surface area contributed by atoms with Crippen molar-refractivity contribution in [3.8, 4) is 5.75 Å². The molecule has 1 aromatic heterocycles. The van der Waals surface area contributed by atoms with Crippen molar-refractivity contribution in [2.75, 3.05) is 19.0 Å². The third-order valence-electron chi connectivity index (χ3n) is 3.22. The van der Waals surface area contributed by atoms with E-state index in [9.17, 15) is 0 Å². The van der Waals surface area contributed by atoms with Gasteiger partial charge in [0.05, 0.1) is 12.6 Å². The molecule has 0 radical (unpaired) electrons. The fourth-order valence-corrected chi connectivity index (χ4v) is 2.81. The quantitative estimate of drug-likeness (QED) is 0.803. The zero-order chi connectivity index (χ0) is 15.2. The summed E-state index contributed by atoms with van der Waals surface area (Å²) in [6.07, 6.45) is 1.09. The van der Waals surface area contributed by atoms with Gasteiger partial charge in [-0.05, 0) is 29.9 Å². The molecule has 1 N–H and O–H groups in total. The van der Waals surface area contributed by atoms with E-state index in [2.05, 4.69) is 38.2 Å². The van der Waals surface area contributed by atoms with Gasteiger partial charge in [-0.1, -0.05) is 20.8 Å². The summed E-state index contributed by atoms with van der Waals surface area (Å²) in [5.74, 6) is 2.84. The zero-order valence-electron chi connectivity index (χ0n) is 13.3. The fourth-order valence-electron chi connectivity index (χ4n) is 2.08. The summed E-state index contributed by atoms with van der Waals surface area (Å²) in [5.41, 5.74) is 2.26. The molecule has 0 aliphatic carbocycles. The standard InChI is InChI=1S/C17H24N2OS/c1-5-8-18-17-14(11-21-12(2)3)9-13-6-7-15(20-4)10-16(13)19-17/h6-7,9-10,12H,5,8,11H2,1-4H3,(H,18,19). The Hall–Kier alpha value is -1.42. The van der Waals surface area contributed by atoms with E-state index in [1.807, 2.05) is 23.9 Å². The van der Waals surface area contributed by atoms with Crippen molar-refractivity contribution in [3.63, 3.8) is 0 Å². The first-order valence-corrected chi connectivity index (χ1v) is 8.52. The number of hydrogen-bond donors (Lipinski definition) is 1. The van der Waals surface area contributed by atoms with Crippen LogP contribution in [0.4, 0.5) is 5.82 Å². The summed E-state index contributed by atoms with van der Waals surface area (Å²) in [4.78, 5) is 4.79. The van der Waals surface area contributed by atoms with Gasteiger partial charge in [0.2, 0.25) is 0 Å². The van der Waals surface area contributed by atoms with E-state index in [-0.39, 0.29) is 0 Å². The number of anilines is 1. The van der Waals surface area contributed by atoms with Crippen LogP contribution in [0, 0.1) is 0 Å². The van der Waals surface area contributed by atoms with Crippen molar-refractivity contribution < 1.29 is 4.74 Å². The SMILES string of the molecule is CCCNc1nc2cc(OC)ccc2cc1CSC(C)C. The van der Waals surface area contributed by atoms with Gasteiger partial charge in [0.15, 0.2) is 0 Å². The lowest BCUT2D eigenvalue weighted by Crippen LogP contribution is -2.06. The number of benzene rings is 1. The molecule has 0 aliphatic heterocycles. The van der Waals surface area contributed by atoms with Crippen molar-refractivity contribution >= 4 is 28.5 Å². The number of pyridine rings is 1. The smallest absolute Gasteiger partial charge is 0.130 e. The van der Waals surface area contributed by atoms with Gasteiger partial charge in [-0.25, -0.2) is 4.98 Å². The molecule has 1 aromatic carbocycles. The number of thioether (sulfide) groups is 1. The molecule has 1 heterocycles. The van der Waals surface area contributed by atoms with Crippen LogP contribution in [0.25, 0.3) is 10.9 Å². The number of ether oxygens (including phenoxy) is 1. The van der Waals surface area contributed by atoms with Gasteiger partial charge in [0, 0.05) is 29.3 Å². The molecule has 4 heteroatoms. The van der Waals surface area contributed by atoms with Crippen LogP contribution in [0.3, 0.4) is 0 Å². The minimum atomic E-state index is 0.621. The second-order valence-corrected chi connectivity index (χ2v) is 6.91. The zero-order valence-corrected chi connectivity index (χ0v) is 14.1. The molecule has 0 unspecified atom stereocenters. The van der Waals surface area contributed by atoms with Gasteiger partial charge < -0.3 is 10.1 Å². The normalized spacial score (nSPS) is 11.1. The Morgan fingerprint density at radius 2 is 2.10 bits per heavy atom. The third-order valence-corrected chi connectivity index (χ3v) is 4.36. The van der Waals surface area contributed by atoms with E-state index >= 15 is 0 Å². The lowest BCUT2D eigenvalue weighted by Gasteiger charge is -2.13. The van der Waals surface area contributed by atoms with Crippen LogP contribution in [-0.2, 0) is 5.75 Å². The lowest BCUT2D eigenvalue weighted by atomic mass is 10.1. The van der Waals surface area contributed by atoms with Crippen molar-refractivity contribution in [1.29, 1.82) is 0 Å². The van der Waals surface area contributed by atoms with Crippen molar-refractivity contribution in [2.24, 2.45) is 0 Å². The molecular formula is C17H24N2OS. The van der Waals surface area contributed by atoms with Gasteiger partial charge in [-0.3, -0.25) is 0 Å². The fraction of sp³-hybridized carbons (Fsp3) is 0.471. The number of hydrogen-bond acceptors (Lipinski definition) is 4. The molecule has 0 spiro atoms. The van der Waals surface area contributed by atoms with E-state index < -0.39 is 0 Å². The highest BCUT2D eigenvalue weighted by Gasteiger charge is 2.08. The molecule has 0 saturated heterocycles. The summed E-state index contributed by atoms with van der Waals surface area (Å²) in [7, 11) is 1.69. The van der Waals surface area contributed by atoms with Gasteiger partial charge in [0.1, 0.15) is 11.6 Å². The molecular weight excluding hydrogens is 280 g/mol. The summed E-state index contributed by atoms with van der Waals surface area (Å²) < 4.78 is 5.29. The monoisotopic (exact) mass is 304 g/mol. The molecule has 114 valence electrons. The maximum absolute atomic E-state index is 5.29. The molecule has 0 saturated carbocycles. The first kappa shape index (κ1) is 16.0. The highest BCUT2D eigenvalue weighted by molar-refractivity contribution is 7.99. The summed E-state index contributed by atoms with van der Waals surface area (Å²) >= 11 is 1.94. The van der Waals surface area contributed by atoms with E-state index in [4.69, 9.17) is 9.72 Å². The topological polar surface area (TPSA) is 34.2 Å². The molecule has 2 rings (SSSR count). The van der Waals surface area contributed by atoms with Crippen LogP contribution < -0.4 is 10.1 Å². The second-order valence-electron chi connectivity index (χ2n) is 5.34. The van der Waals surface area contributed by atoms with Gasteiger partial charge in [-0.2, -0.15) is 11.8 Å². The Morgan fingerprint density at radius 3 is 2.76 bits per heavy atom.